The molecule has 0 unspecified atom stereocenters. The van der Waals surface area contributed by atoms with Gasteiger partial charge in [-0.3, -0.25) is 9.78 Å². The number of aryl methyl sites for hydroxylation is 1. The van der Waals surface area contributed by atoms with Gasteiger partial charge >= 0.3 is 5.97 Å². The summed E-state index contributed by atoms with van der Waals surface area (Å²) in [6.07, 6.45) is 2.28. The standard InChI is InChI=1S/C15H23N3O2/c1-6-12(16)11-7-10(2)17-8-13(11)18-9-14(19)20-15(3,4)5/h7-8,16,18H,6,9H2,1-5H3. The Balaban J connectivity index is 2.78. The van der Waals surface area contributed by atoms with Crippen molar-refractivity contribution in [1.82, 2.24) is 4.98 Å². The summed E-state index contributed by atoms with van der Waals surface area (Å²) in [5, 5.41) is 11.0. The van der Waals surface area contributed by atoms with Gasteiger partial charge in [-0.2, -0.15) is 0 Å². The van der Waals surface area contributed by atoms with Crippen LogP contribution in [0, 0.1) is 12.3 Å². The Kier molecular flexibility index (Phi) is 5.25. The molecular formula is C15H23N3O2. The summed E-state index contributed by atoms with van der Waals surface area (Å²) in [6.45, 7) is 9.36. The molecule has 0 aromatic carbocycles. The van der Waals surface area contributed by atoms with E-state index in [0.717, 1.165) is 11.3 Å². The summed E-state index contributed by atoms with van der Waals surface area (Å²) in [4.78, 5) is 15.9. The Hall–Kier alpha value is -1.91. The normalized spacial score (nSPS) is 11.1. The van der Waals surface area contributed by atoms with Crippen LogP contribution >= 0.6 is 0 Å². The number of nitrogens with one attached hydrogen (secondary N) is 2. The first-order chi connectivity index (χ1) is 9.23. The topological polar surface area (TPSA) is 75.1 Å². The summed E-state index contributed by atoms with van der Waals surface area (Å²) < 4.78 is 5.23. The van der Waals surface area contributed by atoms with Crippen LogP contribution < -0.4 is 5.32 Å². The van der Waals surface area contributed by atoms with Crippen LogP contribution in [0.25, 0.3) is 0 Å². The molecule has 110 valence electrons. The smallest absolute Gasteiger partial charge is 0.325 e. The molecule has 1 heterocycles. The zero-order valence-corrected chi connectivity index (χ0v) is 12.8. The Labute approximate surface area is 120 Å². The van der Waals surface area contributed by atoms with Crippen molar-refractivity contribution in [3.05, 3.63) is 23.5 Å². The minimum Gasteiger partial charge on any atom is -0.459 e. The molecule has 0 saturated carbocycles. The summed E-state index contributed by atoms with van der Waals surface area (Å²) in [5.74, 6) is -0.327. The van der Waals surface area contributed by atoms with E-state index in [9.17, 15) is 4.79 Å². The van der Waals surface area contributed by atoms with Crippen molar-refractivity contribution in [3.63, 3.8) is 0 Å². The van der Waals surface area contributed by atoms with E-state index in [1.807, 2.05) is 40.7 Å². The summed E-state index contributed by atoms with van der Waals surface area (Å²) in [7, 11) is 0. The van der Waals surface area contributed by atoms with Crippen molar-refractivity contribution in [1.29, 1.82) is 5.41 Å². The highest BCUT2D eigenvalue weighted by atomic mass is 16.6. The second-order valence-electron chi connectivity index (χ2n) is 5.64. The van der Waals surface area contributed by atoms with E-state index in [1.54, 1.807) is 6.20 Å². The fourth-order valence-electron chi connectivity index (χ4n) is 1.69. The predicted molar refractivity (Wildman–Crippen MR) is 80.4 cm³/mol. The number of aromatic nitrogens is 1. The molecule has 0 fully saturated rings. The quantitative estimate of drug-likeness (QED) is 0.641. The number of carbonyl (C=O) groups excluding carboxylic acids is 1. The van der Waals surface area contributed by atoms with Gasteiger partial charge in [0.2, 0.25) is 0 Å². The molecule has 0 spiro atoms. The number of rotatable bonds is 5. The molecular weight excluding hydrogens is 254 g/mol. The van der Waals surface area contributed by atoms with Crippen molar-refractivity contribution in [3.8, 4) is 0 Å². The zero-order chi connectivity index (χ0) is 15.3. The highest BCUT2D eigenvalue weighted by molar-refractivity contribution is 6.03. The van der Waals surface area contributed by atoms with E-state index in [1.165, 1.54) is 0 Å². The third-order valence-electron chi connectivity index (χ3n) is 2.56. The van der Waals surface area contributed by atoms with Gasteiger partial charge in [0.1, 0.15) is 12.1 Å². The van der Waals surface area contributed by atoms with Crippen molar-refractivity contribution >= 4 is 17.4 Å². The molecule has 0 aliphatic carbocycles. The van der Waals surface area contributed by atoms with Gasteiger partial charge in [0, 0.05) is 17.0 Å². The number of pyridine rings is 1. The number of anilines is 1. The molecule has 0 amide bonds. The zero-order valence-electron chi connectivity index (χ0n) is 12.8. The average Bonchev–Trinajstić information content (AvgIpc) is 2.34. The second-order valence-corrected chi connectivity index (χ2v) is 5.64. The van der Waals surface area contributed by atoms with Crippen LogP contribution in [-0.2, 0) is 9.53 Å². The molecule has 1 aromatic heterocycles. The van der Waals surface area contributed by atoms with E-state index >= 15 is 0 Å². The minimum absolute atomic E-state index is 0.0615. The Morgan fingerprint density at radius 1 is 1.45 bits per heavy atom. The Morgan fingerprint density at radius 2 is 2.10 bits per heavy atom. The molecule has 5 nitrogen and oxygen atoms in total. The fraction of sp³-hybridized carbons (Fsp3) is 0.533. The summed E-state index contributed by atoms with van der Waals surface area (Å²) in [6, 6.07) is 1.85. The van der Waals surface area contributed by atoms with Gasteiger partial charge in [-0.25, -0.2) is 0 Å². The number of hydrogen-bond acceptors (Lipinski definition) is 5. The predicted octanol–water partition coefficient (Wildman–Crippen LogP) is 2.92. The molecule has 0 atom stereocenters. The highest BCUT2D eigenvalue weighted by Gasteiger charge is 2.16. The molecule has 0 saturated heterocycles. The van der Waals surface area contributed by atoms with Crippen molar-refractivity contribution in [2.24, 2.45) is 0 Å². The van der Waals surface area contributed by atoms with E-state index in [0.29, 0.717) is 17.8 Å². The SMILES string of the molecule is CCC(=N)c1cc(C)ncc1NCC(=O)OC(C)(C)C. The number of carbonyl (C=O) groups is 1. The Bertz CT molecular complexity index is 504. The van der Waals surface area contributed by atoms with Crippen LogP contribution in [0.3, 0.4) is 0 Å². The third kappa shape index (κ3) is 4.99. The average molecular weight is 277 g/mol. The van der Waals surface area contributed by atoms with E-state index in [-0.39, 0.29) is 12.5 Å². The molecule has 0 aliphatic heterocycles. The van der Waals surface area contributed by atoms with Crippen molar-refractivity contribution in [2.75, 3.05) is 11.9 Å². The number of ether oxygens (including phenoxy) is 1. The molecule has 20 heavy (non-hydrogen) atoms. The summed E-state index contributed by atoms with van der Waals surface area (Å²) >= 11 is 0. The molecule has 0 radical (unpaired) electrons. The van der Waals surface area contributed by atoms with Gasteiger partial charge in [0.15, 0.2) is 0 Å². The largest absolute Gasteiger partial charge is 0.459 e. The lowest BCUT2D eigenvalue weighted by atomic mass is 10.1. The van der Waals surface area contributed by atoms with Gasteiger partial charge in [-0.1, -0.05) is 6.92 Å². The lowest BCUT2D eigenvalue weighted by molar-refractivity contribution is -0.152. The fourth-order valence-corrected chi connectivity index (χ4v) is 1.69. The second kappa shape index (κ2) is 6.50. The third-order valence-corrected chi connectivity index (χ3v) is 2.56. The highest BCUT2D eigenvalue weighted by Crippen LogP contribution is 2.17. The molecule has 1 rings (SSSR count). The van der Waals surface area contributed by atoms with Gasteiger partial charge < -0.3 is 15.5 Å². The number of esters is 1. The van der Waals surface area contributed by atoms with Crippen LogP contribution in [0.1, 0.15) is 45.4 Å². The van der Waals surface area contributed by atoms with Gasteiger partial charge in [0.25, 0.3) is 0 Å². The molecule has 0 bridgehead atoms. The maximum Gasteiger partial charge on any atom is 0.325 e. The minimum atomic E-state index is -0.497. The lowest BCUT2D eigenvalue weighted by Gasteiger charge is -2.20. The molecule has 2 N–H and O–H groups in total. The van der Waals surface area contributed by atoms with Crippen molar-refractivity contribution < 1.29 is 9.53 Å². The first-order valence-electron chi connectivity index (χ1n) is 6.73. The van der Waals surface area contributed by atoms with Crippen LogP contribution in [-0.4, -0.2) is 28.8 Å². The number of hydrogen-bond donors (Lipinski definition) is 2. The van der Waals surface area contributed by atoms with Gasteiger partial charge in [-0.15, -0.1) is 0 Å². The van der Waals surface area contributed by atoms with Crippen LogP contribution in [0.2, 0.25) is 0 Å². The maximum absolute atomic E-state index is 11.7. The van der Waals surface area contributed by atoms with Crippen LogP contribution in [0.15, 0.2) is 12.3 Å². The lowest BCUT2D eigenvalue weighted by Crippen LogP contribution is -2.28. The summed E-state index contributed by atoms with van der Waals surface area (Å²) in [5.41, 5.74) is 2.34. The van der Waals surface area contributed by atoms with Crippen LogP contribution in [0.5, 0.6) is 0 Å². The monoisotopic (exact) mass is 277 g/mol. The van der Waals surface area contributed by atoms with Gasteiger partial charge in [-0.05, 0) is 40.2 Å². The van der Waals surface area contributed by atoms with E-state index in [2.05, 4.69) is 10.3 Å². The molecule has 5 heteroatoms. The van der Waals surface area contributed by atoms with Crippen molar-refractivity contribution in [2.45, 2.75) is 46.6 Å². The van der Waals surface area contributed by atoms with E-state index < -0.39 is 5.60 Å². The Morgan fingerprint density at radius 3 is 2.65 bits per heavy atom. The molecule has 0 aliphatic rings. The van der Waals surface area contributed by atoms with Gasteiger partial charge in [0.05, 0.1) is 11.9 Å². The molecule has 1 aromatic rings. The first kappa shape index (κ1) is 16.1. The first-order valence-corrected chi connectivity index (χ1v) is 6.73. The van der Waals surface area contributed by atoms with E-state index in [4.69, 9.17) is 10.1 Å². The van der Waals surface area contributed by atoms with Crippen LogP contribution in [0.4, 0.5) is 5.69 Å². The number of nitrogens with zero attached hydrogens (tertiary/aromatic N) is 1. The maximum atomic E-state index is 11.7.